The predicted octanol–water partition coefficient (Wildman–Crippen LogP) is 3.26. The van der Waals surface area contributed by atoms with Crippen LogP contribution in [0.25, 0.3) is 0 Å². The topological polar surface area (TPSA) is 24.5 Å². The number of hydrogen-bond acceptors (Lipinski definition) is 2. The third-order valence-corrected chi connectivity index (χ3v) is 3.69. The Kier molecular flexibility index (Phi) is 4.59. The SMILES string of the molecule is C[C@H]1CN(C(=S)Nc2ccc(Br)cc2)C[C@H](C)O1. The van der Waals surface area contributed by atoms with Crippen LogP contribution in [0.5, 0.6) is 0 Å². The van der Waals surface area contributed by atoms with Crippen LogP contribution in [0.3, 0.4) is 0 Å². The van der Waals surface area contributed by atoms with E-state index < -0.39 is 0 Å². The maximum Gasteiger partial charge on any atom is 0.173 e. The lowest BCUT2D eigenvalue weighted by Crippen LogP contribution is -2.49. The lowest BCUT2D eigenvalue weighted by molar-refractivity contribution is -0.0473. The second-order valence-corrected chi connectivity index (χ2v) is 5.90. The van der Waals surface area contributed by atoms with Crippen molar-refractivity contribution in [1.82, 2.24) is 4.90 Å². The summed E-state index contributed by atoms with van der Waals surface area (Å²) in [6.45, 7) is 5.83. The molecule has 3 nitrogen and oxygen atoms in total. The van der Waals surface area contributed by atoms with Gasteiger partial charge < -0.3 is 15.0 Å². The summed E-state index contributed by atoms with van der Waals surface area (Å²) >= 11 is 8.86. The Morgan fingerprint density at radius 3 is 2.39 bits per heavy atom. The second-order valence-electron chi connectivity index (χ2n) is 4.60. The van der Waals surface area contributed by atoms with E-state index >= 15 is 0 Å². The fourth-order valence-corrected chi connectivity index (χ4v) is 2.61. The summed E-state index contributed by atoms with van der Waals surface area (Å²) in [6.07, 6.45) is 0.442. The Morgan fingerprint density at radius 1 is 1.28 bits per heavy atom. The average Bonchev–Trinajstić information content (AvgIpc) is 2.31. The molecule has 18 heavy (non-hydrogen) atoms. The van der Waals surface area contributed by atoms with Gasteiger partial charge in [0.15, 0.2) is 5.11 Å². The van der Waals surface area contributed by atoms with Gasteiger partial charge in [-0.2, -0.15) is 0 Å². The standard InChI is InChI=1S/C13H17BrN2OS/c1-9-7-16(8-10(2)17-9)13(18)15-12-5-3-11(14)4-6-12/h3-6,9-10H,7-8H2,1-2H3,(H,15,18)/t9-,10-/m0/s1. The van der Waals surface area contributed by atoms with Gasteiger partial charge in [-0.05, 0) is 50.3 Å². The molecule has 0 radical (unpaired) electrons. The van der Waals surface area contributed by atoms with E-state index in [1.165, 1.54) is 0 Å². The number of morpholine rings is 1. The molecule has 1 saturated heterocycles. The first-order valence-corrected chi connectivity index (χ1v) is 7.21. The van der Waals surface area contributed by atoms with Crippen molar-refractivity contribution in [2.45, 2.75) is 26.1 Å². The van der Waals surface area contributed by atoms with Gasteiger partial charge in [-0.1, -0.05) is 15.9 Å². The number of rotatable bonds is 1. The number of anilines is 1. The number of benzene rings is 1. The molecule has 1 heterocycles. The van der Waals surface area contributed by atoms with Crippen LogP contribution in [-0.2, 0) is 4.74 Å². The second kappa shape index (κ2) is 5.99. The maximum absolute atomic E-state index is 5.70. The smallest absolute Gasteiger partial charge is 0.173 e. The summed E-state index contributed by atoms with van der Waals surface area (Å²) in [5.41, 5.74) is 1.01. The number of hydrogen-bond donors (Lipinski definition) is 1. The molecule has 0 aromatic heterocycles. The van der Waals surface area contributed by atoms with Gasteiger partial charge in [0.05, 0.1) is 12.2 Å². The Bertz CT molecular complexity index is 414. The molecule has 1 N–H and O–H groups in total. The lowest BCUT2D eigenvalue weighted by Gasteiger charge is -2.36. The van der Waals surface area contributed by atoms with Crippen molar-refractivity contribution in [3.05, 3.63) is 28.7 Å². The molecule has 2 atom stereocenters. The van der Waals surface area contributed by atoms with Crippen molar-refractivity contribution in [2.75, 3.05) is 18.4 Å². The summed E-state index contributed by atoms with van der Waals surface area (Å²) < 4.78 is 6.76. The molecule has 0 unspecified atom stereocenters. The fourth-order valence-electron chi connectivity index (χ4n) is 2.08. The van der Waals surface area contributed by atoms with Crippen LogP contribution < -0.4 is 5.32 Å². The van der Waals surface area contributed by atoms with Crippen LogP contribution in [0.15, 0.2) is 28.7 Å². The van der Waals surface area contributed by atoms with Crippen molar-refractivity contribution in [1.29, 1.82) is 0 Å². The molecule has 1 aromatic carbocycles. The van der Waals surface area contributed by atoms with Crippen LogP contribution in [0, 0.1) is 0 Å². The van der Waals surface area contributed by atoms with Crippen LogP contribution in [0.2, 0.25) is 0 Å². The van der Waals surface area contributed by atoms with Crippen molar-refractivity contribution >= 4 is 38.9 Å². The van der Waals surface area contributed by atoms with Crippen LogP contribution in [0.1, 0.15) is 13.8 Å². The number of thiocarbonyl (C=S) groups is 1. The van der Waals surface area contributed by atoms with Crippen molar-refractivity contribution in [2.24, 2.45) is 0 Å². The quantitative estimate of drug-likeness (QED) is 0.800. The molecule has 0 spiro atoms. The minimum atomic E-state index is 0.221. The Balaban J connectivity index is 1.97. The zero-order valence-electron chi connectivity index (χ0n) is 10.5. The highest BCUT2D eigenvalue weighted by Crippen LogP contribution is 2.16. The van der Waals surface area contributed by atoms with E-state index in [2.05, 4.69) is 40.0 Å². The van der Waals surface area contributed by atoms with E-state index in [-0.39, 0.29) is 12.2 Å². The van der Waals surface area contributed by atoms with Crippen molar-refractivity contribution in [3.63, 3.8) is 0 Å². The first kappa shape index (κ1) is 13.8. The Hall–Kier alpha value is -0.650. The number of halogens is 1. The third kappa shape index (κ3) is 3.67. The molecule has 98 valence electrons. The largest absolute Gasteiger partial charge is 0.372 e. The summed E-state index contributed by atoms with van der Waals surface area (Å²) in [6, 6.07) is 8.00. The van der Waals surface area contributed by atoms with Gasteiger partial charge in [-0.3, -0.25) is 0 Å². The number of nitrogens with zero attached hydrogens (tertiary/aromatic N) is 1. The molecule has 0 bridgehead atoms. The van der Waals surface area contributed by atoms with Crippen LogP contribution >= 0.6 is 28.1 Å². The van der Waals surface area contributed by atoms with E-state index in [9.17, 15) is 0 Å². The highest BCUT2D eigenvalue weighted by atomic mass is 79.9. The van der Waals surface area contributed by atoms with E-state index in [0.29, 0.717) is 0 Å². The molecular formula is C13H17BrN2OS. The van der Waals surface area contributed by atoms with Gasteiger partial charge in [0, 0.05) is 23.2 Å². The third-order valence-electron chi connectivity index (χ3n) is 2.80. The van der Waals surface area contributed by atoms with Gasteiger partial charge in [-0.25, -0.2) is 0 Å². The number of ether oxygens (including phenoxy) is 1. The van der Waals surface area contributed by atoms with E-state index in [1.54, 1.807) is 0 Å². The van der Waals surface area contributed by atoms with Gasteiger partial charge in [0.25, 0.3) is 0 Å². The summed E-state index contributed by atoms with van der Waals surface area (Å²) in [5.74, 6) is 0. The molecule has 0 saturated carbocycles. The fraction of sp³-hybridized carbons (Fsp3) is 0.462. The highest BCUT2D eigenvalue weighted by molar-refractivity contribution is 9.10. The zero-order chi connectivity index (χ0) is 13.1. The molecule has 5 heteroatoms. The molecule has 1 aromatic rings. The summed E-state index contributed by atoms with van der Waals surface area (Å²) in [7, 11) is 0. The minimum absolute atomic E-state index is 0.221. The molecule has 1 aliphatic rings. The molecule has 0 aliphatic carbocycles. The van der Waals surface area contributed by atoms with Gasteiger partial charge in [0.2, 0.25) is 0 Å². The zero-order valence-corrected chi connectivity index (χ0v) is 12.9. The Morgan fingerprint density at radius 2 is 1.83 bits per heavy atom. The van der Waals surface area contributed by atoms with E-state index in [0.717, 1.165) is 28.4 Å². The lowest BCUT2D eigenvalue weighted by atomic mass is 10.2. The van der Waals surface area contributed by atoms with Crippen LogP contribution in [0.4, 0.5) is 5.69 Å². The molecule has 0 amide bonds. The van der Waals surface area contributed by atoms with E-state index in [4.69, 9.17) is 17.0 Å². The van der Waals surface area contributed by atoms with Crippen LogP contribution in [-0.4, -0.2) is 35.3 Å². The van der Waals surface area contributed by atoms with Gasteiger partial charge in [-0.15, -0.1) is 0 Å². The van der Waals surface area contributed by atoms with E-state index in [1.807, 2.05) is 24.3 Å². The summed E-state index contributed by atoms with van der Waals surface area (Å²) in [5, 5.41) is 4.02. The highest BCUT2D eigenvalue weighted by Gasteiger charge is 2.23. The molecular weight excluding hydrogens is 312 g/mol. The average molecular weight is 329 g/mol. The molecule has 1 aliphatic heterocycles. The van der Waals surface area contributed by atoms with Gasteiger partial charge >= 0.3 is 0 Å². The first-order chi connectivity index (χ1) is 8.54. The van der Waals surface area contributed by atoms with Crippen molar-refractivity contribution < 1.29 is 4.74 Å². The number of nitrogens with one attached hydrogen (secondary N) is 1. The monoisotopic (exact) mass is 328 g/mol. The molecule has 2 rings (SSSR count). The predicted molar refractivity (Wildman–Crippen MR) is 81.9 cm³/mol. The first-order valence-electron chi connectivity index (χ1n) is 6.01. The maximum atomic E-state index is 5.70. The Labute approximate surface area is 122 Å². The summed E-state index contributed by atoms with van der Waals surface area (Å²) in [4.78, 5) is 2.16. The molecule has 1 fully saturated rings. The minimum Gasteiger partial charge on any atom is -0.372 e. The van der Waals surface area contributed by atoms with Crippen molar-refractivity contribution in [3.8, 4) is 0 Å². The normalized spacial score (nSPS) is 23.8. The van der Waals surface area contributed by atoms with Gasteiger partial charge in [0.1, 0.15) is 0 Å².